The van der Waals surface area contributed by atoms with E-state index in [0.717, 1.165) is 23.4 Å². The molecule has 1 unspecified atom stereocenters. The van der Waals surface area contributed by atoms with Crippen LogP contribution in [0.5, 0.6) is 17.2 Å². The van der Waals surface area contributed by atoms with Crippen molar-refractivity contribution in [2.24, 2.45) is 0 Å². The van der Waals surface area contributed by atoms with Crippen molar-refractivity contribution in [3.05, 3.63) is 82.4 Å². The molecule has 1 atom stereocenters. The zero-order valence-electron chi connectivity index (χ0n) is 18.4. The molecule has 182 valence electrons. The molecule has 0 aliphatic carbocycles. The molecule has 35 heavy (non-hydrogen) atoms. The Morgan fingerprint density at radius 3 is 2.43 bits per heavy atom. The zero-order chi connectivity index (χ0) is 25.2. The van der Waals surface area contributed by atoms with Crippen molar-refractivity contribution in [1.82, 2.24) is 0 Å². The maximum Gasteiger partial charge on any atom is 0.534 e. The number of esters is 1. The minimum absolute atomic E-state index is 0.0109. The van der Waals surface area contributed by atoms with E-state index in [1.165, 1.54) is 6.07 Å². The molecule has 7 nitrogen and oxygen atoms in total. The predicted octanol–water partition coefficient (Wildman–Crippen LogP) is 5.22. The lowest BCUT2D eigenvalue weighted by Crippen LogP contribution is -2.33. The molecule has 2 aliphatic rings. The summed E-state index contributed by atoms with van der Waals surface area (Å²) in [6.07, 6.45) is 0. The van der Waals surface area contributed by atoms with Gasteiger partial charge in [0.15, 0.2) is 5.60 Å². The number of hydrogen-bond donors (Lipinski definition) is 1. The Balaban J connectivity index is 1.74. The van der Waals surface area contributed by atoms with E-state index in [1.54, 1.807) is 30.3 Å². The first-order valence-corrected chi connectivity index (χ1v) is 11.9. The average Bonchev–Trinajstić information content (AvgIpc) is 3.07. The fourth-order valence-electron chi connectivity index (χ4n) is 4.41. The summed E-state index contributed by atoms with van der Waals surface area (Å²) in [6, 6.07) is 13.7. The van der Waals surface area contributed by atoms with Gasteiger partial charge in [-0.25, -0.2) is 4.79 Å². The van der Waals surface area contributed by atoms with E-state index in [9.17, 15) is 26.4 Å². The Morgan fingerprint density at radius 1 is 1.00 bits per heavy atom. The highest BCUT2D eigenvalue weighted by molar-refractivity contribution is 7.88. The molecule has 0 saturated carbocycles. The second kappa shape index (κ2) is 7.64. The second-order valence-electron chi connectivity index (χ2n) is 8.05. The zero-order valence-corrected chi connectivity index (χ0v) is 19.2. The summed E-state index contributed by atoms with van der Waals surface area (Å²) >= 11 is 0. The van der Waals surface area contributed by atoms with Crippen LogP contribution in [0.2, 0.25) is 0 Å². The van der Waals surface area contributed by atoms with Crippen LogP contribution in [0.1, 0.15) is 39.5 Å². The summed E-state index contributed by atoms with van der Waals surface area (Å²) in [4.78, 5) is 12.9. The average molecular weight is 505 g/mol. The largest absolute Gasteiger partial charge is 0.534 e. The van der Waals surface area contributed by atoms with E-state index in [4.69, 9.17) is 9.47 Å². The fourth-order valence-corrected chi connectivity index (χ4v) is 4.86. The van der Waals surface area contributed by atoms with Crippen LogP contribution < -0.4 is 14.2 Å². The molecule has 0 fully saturated rings. The standard InChI is InChI=1S/C24H18F3NO6S/c1-3-28-19-12-21-18(10-13(19)2)23(16-7-5-4-6-15(16)22(29)33-23)17-9-8-14(11-20(17)32-21)34-35(30,31)24(25,26)27/h4-12,28H,3H2,1-2H3. The topological polar surface area (TPSA) is 90.9 Å². The van der Waals surface area contributed by atoms with Gasteiger partial charge in [0.2, 0.25) is 0 Å². The molecule has 3 aromatic carbocycles. The highest BCUT2D eigenvalue weighted by atomic mass is 32.2. The van der Waals surface area contributed by atoms with E-state index in [2.05, 4.69) is 9.50 Å². The Bertz CT molecular complexity index is 1490. The van der Waals surface area contributed by atoms with Crippen molar-refractivity contribution in [2.75, 3.05) is 11.9 Å². The first-order chi connectivity index (χ1) is 16.5. The summed E-state index contributed by atoms with van der Waals surface area (Å²) in [5.74, 6) is -0.897. The van der Waals surface area contributed by atoms with Gasteiger partial charge in [0.1, 0.15) is 17.2 Å². The molecule has 1 spiro atoms. The number of hydrogen-bond acceptors (Lipinski definition) is 7. The number of fused-ring (bicyclic) bond motifs is 6. The van der Waals surface area contributed by atoms with Crippen molar-refractivity contribution in [3.63, 3.8) is 0 Å². The van der Waals surface area contributed by atoms with Crippen LogP contribution in [-0.2, 0) is 20.5 Å². The van der Waals surface area contributed by atoms with Gasteiger partial charge >= 0.3 is 21.6 Å². The number of carbonyl (C=O) groups is 1. The summed E-state index contributed by atoms with van der Waals surface area (Å²) in [6.45, 7) is 4.41. The molecule has 0 aromatic heterocycles. The van der Waals surface area contributed by atoms with Crippen LogP contribution in [0.3, 0.4) is 0 Å². The Labute approximate surface area is 198 Å². The quantitative estimate of drug-likeness (QED) is 0.295. The molecule has 5 rings (SSSR count). The third-order valence-corrected chi connectivity index (χ3v) is 6.87. The molecular weight excluding hydrogens is 487 g/mol. The van der Waals surface area contributed by atoms with Gasteiger partial charge in [0.05, 0.1) is 5.56 Å². The molecule has 0 saturated heterocycles. The van der Waals surface area contributed by atoms with Gasteiger partial charge < -0.3 is 19.0 Å². The number of anilines is 1. The maximum atomic E-state index is 12.9. The number of ether oxygens (including phenoxy) is 2. The lowest BCUT2D eigenvalue weighted by atomic mass is 9.77. The van der Waals surface area contributed by atoms with Crippen LogP contribution in [0.15, 0.2) is 54.6 Å². The minimum Gasteiger partial charge on any atom is -0.456 e. The lowest BCUT2D eigenvalue weighted by Gasteiger charge is -2.37. The number of alkyl halides is 3. The smallest absolute Gasteiger partial charge is 0.456 e. The van der Waals surface area contributed by atoms with Crippen LogP contribution in [0.25, 0.3) is 0 Å². The van der Waals surface area contributed by atoms with Crippen molar-refractivity contribution in [3.8, 4) is 17.2 Å². The number of carbonyl (C=O) groups excluding carboxylic acids is 1. The maximum absolute atomic E-state index is 12.9. The van der Waals surface area contributed by atoms with Crippen LogP contribution in [0, 0.1) is 6.92 Å². The van der Waals surface area contributed by atoms with Crippen molar-refractivity contribution >= 4 is 21.8 Å². The monoisotopic (exact) mass is 505 g/mol. The number of aryl methyl sites for hydroxylation is 1. The summed E-state index contributed by atoms with van der Waals surface area (Å²) in [5, 5.41) is 3.20. The Hall–Kier alpha value is -3.73. The van der Waals surface area contributed by atoms with Gasteiger partial charge in [-0.2, -0.15) is 21.6 Å². The van der Waals surface area contributed by atoms with E-state index in [0.29, 0.717) is 34.5 Å². The molecule has 2 aliphatic heterocycles. The number of benzene rings is 3. The molecule has 2 heterocycles. The normalized spacial score (nSPS) is 18.3. The van der Waals surface area contributed by atoms with Crippen LogP contribution in [-0.4, -0.2) is 26.4 Å². The van der Waals surface area contributed by atoms with Gasteiger partial charge in [-0.15, -0.1) is 0 Å². The Morgan fingerprint density at radius 2 is 1.71 bits per heavy atom. The molecule has 1 N–H and O–H groups in total. The molecule has 3 aromatic rings. The first kappa shape index (κ1) is 23.0. The Kier molecular flexibility index (Phi) is 5.03. The third-order valence-electron chi connectivity index (χ3n) is 5.89. The fraction of sp³-hybridized carbons (Fsp3) is 0.208. The molecule has 0 radical (unpaired) electrons. The highest BCUT2D eigenvalue weighted by Crippen LogP contribution is 2.57. The summed E-state index contributed by atoms with van der Waals surface area (Å²) in [5.41, 5.74) is -3.75. The van der Waals surface area contributed by atoms with Crippen molar-refractivity contribution in [1.29, 1.82) is 0 Å². The molecule has 0 amide bonds. The van der Waals surface area contributed by atoms with E-state index in [1.807, 2.05) is 19.9 Å². The number of halogens is 3. The number of nitrogens with one attached hydrogen (secondary N) is 1. The lowest BCUT2D eigenvalue weighted by molar-refractivity contribution is -0.0500. The van der Waals surface area contributed by atoms with Gasteiger partial charge in [-0.1, -0.05) is 18.2 Å². The summed E-state index contributed by atoms with van der Waals surface area (Å²) < 4.78 is 77.9. The molecular formula is C24H18F3NO6S. The van der Waals surface area contributed by atoms with E-state index in [-0.39, 0.29) is 5.75 Å². The third kappa shape index (κ3) is 3.41. The first-order valence-electron chi connectivity index (χ1n) is 10.5. The number of rotatable bonds is 4. The van der Waals surface area contributed by atoms with Gasteiger partial charge in [0, 0.05) is 41.1 Å². The predicted molar refractivity (Wildman–Crippen MR) is 119 cm³/mol. The van der Waals surface area contributed by atoms with Crippen LogP contribution >= 0.6 is 0 Å². The van der Waals surface area contributed by atoms with Crippen molar-refractivity contribution < 1.29 is 40.0 Å². The molecule has 0 bridgehead atoms. The van der Waals surface area contributed by atoms with E-state index >= 15 is 0 Å². The summed E-state index contributed by atoms with van der Waals surface area (Å²) in [7, 11) is -5.89. The van der Waals surface area contributed by atoms with Gasteiger partial charge in [-0.3, -0.25) is 0 Å². The van der Waals surface area contributed by atoms with Crippen LogP contribution in [0.4, 0.5) is 18.9 Å². The highest BCUT2D eigenvalue weighted by Gasteiger charge is 2.54. The minimum atomic E-state index is -5.89. The van der Waals surface area contributed by atoms with E-state index < -0.39 is 32.9 Å². The molecule has 11 heteroatoms. The SMILES string of the molecule is CCNc1cc2c(cc1C)C1(OC(=O)c3ccccc31)c1ccc(OS(=O)(=O)C(F)(F)F)cc1O2. The van der Waals surface area contributed by atoms with Gasteiger partial charge in [0.25, 0.3) is 0 Å². The van der Waals surface area contributed by atoms with Crippen molar-refractivity contribution in [2.45, 2.75) is 25.0 Å². The van der Waals surface area contributed by atoms with Gasteiger partial charge in [-0.05, 0) is 43.7 Å². The second-order valence-corrected chi connectivity index (χ2v) is 9.59.